The first-order chi connectivity index (χ1) is 26.7. The average Bonchev–Trinajstić information content (AvgIpc) is 3.55. The van der Waals surface area contributed by atoms with Crippen LogP contribution in [0, 0.1) is 0 Å². The number of nitrogens with zero attached hydrogens (tertiary/aromatic N) is 3. The van der Waals surface area contributed by atoms with Gasteiger partial charge in [-0.05, 0) is 87.1 Å². The lowest BCUT2D eigenvalue weighted by Crippen LogP contribution is -2.01. The van der Waals surface area contributed by atoms with Crippen molar-refractivity contribution in [2.24, 2.45) is 0 Å². The molecule has 54 heavy (non-hydrogen) atoms. The minimum absolute atomic E-state index is 0.695. The average molecular weight is 688 g/mol. The van der Waals surface area contributed by atoms with Crippen LogP contribution in [0.2, 0.25) is 0 Å². The number of benzene rings is 9. The summed E-state index contributed by atoms with van der Waals surface area (Å²) >= 11 is 0. The molecule has 0 fully saturated rings. The molecule has 0 atom stereocenters. The molecule has 0 unspecified atom stereocenters. The van der Waals surface area contributed by atoms with Crippen LogP contribution in [0.15, 0.2) is 176 Å². The zero-order valence-corrected chi connectivity index (χ0v) is 29.0. The molecule has 12 rings (SSSR count). The predicted octanol–water partition coefficient (Wildman–Crippen LogP) is 13.3. The maximum absolute atomic E-state index is 6.82. The van der Waals surface area contributed by atoms with E-state index in [0.29, 0.717) is 5.82 Å². The van der Waals surface area contributed by atoms with Crippen molar-refractivity contribution in [2.45, 2.75) is 0 Å². The minimum atomic E-state index is 0.695. The lowest BCUT2D eigenvalue weighted by Gasteiger charge is -2.23. The van der Waals surface area contributed by atoms with Crippen molar-refractivity contribution in [2.75, 3.05) is 0 Å². The molecule has 2 aromatic heterocycles. The van der Waals surface area contributed by atoms with E-state index in [1.165, 1.54) is 43.4 Å². The Hall–Kier alpha value is -7.30. The van der Waals surface area contributed by atoms with Gasteiger partial charge in [0.1, 0.15) is 11.5 Å². The fraction of sp³-hybridized carbons (Fsp3) is 0. The van der Waals surface area contributed by atoms with Crippen molar-refractivity contribution in [3.05, 3.63) is 176 Å². The highest BCUT2D eigenvalue weighted by molar-refractivity contribution is 6.14. The summed E-state index contributed by atoms with van der Waals surface area (Å²) in [5, 5.41) is 10.5. The zero-order valence-electron chi connectivity index (χ0n) is 29.0. The van der Waals surface area contributed by atoms with Gasteiger partial charge < -0.3 is 9.30 Å². The van der Waals surface area contributed by atoms with E-state index in [-0.39, 0.29) is 0 Å². The molecule has 3 heterocycles. The first-order valence-electron chi connectivity index (χ1n) is 18.3. The number of aromatic nitrogens is 3. The van der Waals surface area contributed by atoms with E-state index in [2.05, 4.69) is 174 Å². The van der Waals surface area contributed by atoms with Gasteiger partial charge in [0, 0.05) is 50.0 Å². The second-order valence-corrected chi connectivity index (χ2v) is 14.2. The van der Waals surface area contributed by atoms with E-state index >= 15 is 0 Å². The van der Waals surface area contributed by atoms with Crippen molar-refractivity contribution in [1.82, 2.24) is 14.5 Å². The monoisotopic (exact) mass is 687 g/mol. The van der Waals surface area contributed by atoms with Crippen LogP contribution in [0.4, 0.5) is 0 Å². The van der Waals surface area contributed by atoms with E-state index in [1.54, 1.807) is 0 Å². The van der Waals surface area contributed by atoms with Crippen LogP contribution in [0.1, 0.15) is 0 Å². The number of hydrogen-bond donors (Lipinski definition) is 0. The van der Waals surface area contributed by atoms with Crippen molar-refractivity contribution in [3.8, 4) is 51.0 Å². The topological polar surface area (TPSA) is 39.9 Å². The Balaban J connectivity index is 1.02. The van der Waals surface area contributed by atoms with Gasteiger partial charge >= 0.3 is 0 Å². The second kappa shape index (κ2) is 11.1. The van der Waals surface area contributed by atoms with Gasteiger partial charge in [0.05, 0.1) is 22.2 Å². The number of ether oxygens (including phenoxy) is 1. The van der Waals surface area contributed by atoms with Crippen LogP contribution in [0.5, 0.6) is 11.5 Å². The molecule has 9 aromatic carbocycles. The van der Waals surface area contributed by atoms with Crippen LogP contribution in [-0.4, -0.2) is 14.5 Å². The molecule has 0 amide bonds. The molecule has 1 aliphatic rings. The molecular weight excluding hydrogens is 659 g/mol. The van der Waals surface area contributed by atoms with Crippen molar-refractivity contribution in [1.29, 1.82) is 0 Å². The van der Waals surface area contributed by atoms with Crippen LogP contribution >= 0.6 is 0 Å². The maximum atomic E-state index is 6.82. The number of rotatable bonds is 3. The summed E-state index contributed by atoms with van der Waals surface area (Å²) in [6, 6.07) is 62.5. The van der Waals surface area contributed by atoms with Crippen LogP contribution in [0.3, 0.4) is 0 Å². The highest BCUT2D eigenvalue weighted by Gasteiger charge is 2.24. The first-order valence-corrected chi connectivity index (χ1v) is 18.3. The molecule has 1 aliphatic heterocycles. The third-order valence-corrected chi connectivity index (χ3v) is 11.1. The van der Waals surface area contributed by atoms with Gasteiger partial charge in [0.2, 0.25) is 0 Å². The molecule has 11 aromatic rings. The zero-order chi connectivity index (χ0) is 35.3. The molecule has 0 aliphatic carbocycles. The summed E-state index contributed by atoms with van der Waals surface area (Å²) in [7, 11) is 0. The molecule has 4 nitrogen and oxygen atoms in total. The van der Waals surface area contributed by atoms with Gasteiger partial charge in [-0.15, -0.1) is 0 Å². The van der Waals surface area contributed by atoms with Crippen LogP contribution in [0.25, 0.3) is 104 Å². The van der Waals surface area contributed by atoms with E-state index in [4.69, 9.17) is 14.7 Å². The van der Waals surface area contributed by atoms with Gasteiger partial charge in [-0.3, -0.25) is 0 Å². The lowest BCUT2D eigenvalue weighted by atomic mass is 9.92. The van der Waals surface area contributed by atoms with E-state index in [0.717, 1.165) is 66.8 Å². The standard InChI is InChI=1S/C50H29N3O/c1-2-11-31-26-34(21-20-30(31)10-1)49-41-15-5-7-18-43(41)51-50(52-49)40-24-25-46-48-38(16-9-17-39(40)48)37-23-22-35(29-47(37)54-46)53-44-19-8-6-14-36(44)42-27-32-12-3-4-13-33(32)28-45(42)53/h1-29H. The minimum Gasteiger partial charge on any atom is -0.456 e. The Morgan fingerprint density at radius 3 is 2.02 bits per heavy atom. The smallest absolute Gasteiger partial charge is 0.161 e. The lowest BCUT2D eigenvalue weighted by molar-refractivity contribution is 0.487. The second-order valence-electron chi connectivity index (χ2n) is 14.2. The van der Waals surface area contributed by atoms with Crippen molar-refractivity contribution < 1.29 is 4.74 Å². The third-order valence-electron chi connectivity index (χ3n) is 11.1. The van der Waals surface area contributed by atoms with Gasteiger partial charge in [-0.2, -0.15) is 0 Å². The number of hydrogen-bond acceptors (Lipinski definition) is 3. The van der Waals surface area contributed by atoms with Crippen LogP contribution < -0.4 is 4.74 Å². The summed E-state index contributed by atoms with van der Waals surface area (Å²) in [5.74, 6) is 2.37. The Labute approximate surface area is 310 Å². The number of para-hydroxylation sites is 2. The molecule has 4 heteroatoms. The largest absolute Gasteiger partial charge is 0.456 e. The van der Waals surface area contributed by atoms with Crippen LogP contribution in [-0.2, 0) is 0 Å². The van der Waals surface area contributed by atoms with E-state index < -0.39 is 0 Å². The normalized spacial score (nSPS) is 12.2. The highest BCUT2D eigenvalue weighted by atomic mass is 16.5. The fourth-order valence-corrected chi connectivity index (χ4v) is 8.64. The Bertz CT molecular complexity index is 3380. The molecule has 0 radical (unpaired) electrons. The van der Waals surface area contributed by atoms with Gasteiger partial charge in [0.25, 0.3) is 0 Å². The third kappa shape index (κ3) is 4.25. The molecule has 0 spiro atoms. The predicted molar refractivity (Wildman–Crippen MR) is 223 cm³/mol. The molecule has 0 saturated heterocycles. The first kappa shape index (κ1) is 29.3. The van der Waals surface area contributed by atoms with E-state index in [9.17, 15) is 0 Å². The van der Waals surface area contributed by atoms with Gasteiger partial charge in [0.15, 0.2) is 5.82 Å². The summed E-state index contributed by atoms with van der Waals surface area (Å²) in [6.45, 7) is 0. The summed E-state index contributed by atoms with van der Waals surface area (Å²) in [4.78, 5) is 10.4. The Morgan fingerprint density at radius 1 is 0.407 bits per heavy atom. The maximum Gasteiger partial charge on any atom is 0.161 e. The van der Waals surface area contributed by atoms with Gasteiger partial charge in [-0.25, -0.2) is 9.97 Å². The van der Waals surface area contributed by atoms with Crippen molar-refractivity contribution in [3.63, 3.8) is 0 Å². The molecule has 0 saturated carbocycles. The highest BCUT2D eigenvalue weighted by Crippen LogP contribution is 2.49. The fourth-order valence-electron chi connectivity index (χ4n) is 8.64. The summed E-state index contributed by atoms with van der Waals surface area (Å²) in [6.07, 6.45) is 0. The van der Waals surface area contributed by atoms with E-state index in [1.807, 2.05) is 6.07 Å². The quantitative estimate of drug-likeness (QED) is 0.186. The Kier molecular flexibility index (Phi) is 6.02. The van der Waals surface area contributed by atoms with Gasteiger partial charge in [-0.1, -0.05) is 115 Å². The molecule has 0 N–H and O–H groups in total. The SMILES string of the molecule is c1ccc2cc(-c3nc(-c4ccc5c6c(cccc46)-c4ccc(-n6c7ccccc7c7cc8ccccc8cc76)cc4O5)nc4ccccc34)ccc2c1. The van der Waals surface area contributed by atoms with Crippen molar-refractivity contribution >= 4 is 65.0 Å². The molecular formula is C50H29N3O. The summed E-state index contributed by atoms with van der Waals surface area (Å²) in [5.41, 5.74) is 9.50. The molecule has 0 bridgehead atoms. The molecule has 250 valence electrons. The Morgan fingerprint density at radius 2 is 1.13 bits per heavy atom. The number of fused-ring (bicyclic) bond motifs is 8. The summed E-state index contributed by atoms with van der Waals surface area (Å²) < 4.78 is 9.19.